The number of methoxy groups -OCH3 is 1. The van der Waals surface area contributed by atoms with Crippen LogP contribution in [0, 0.1) is 5.82 Å². The van der Waals surface area contributed by atoms with Crippen LogP contribution in [0.4, 0.5) is 10.1 Å². The molecule has 0 aliphatic carbocycles. The Morgan fingerprint density at radius 2 is 1.91 bits per heavy atom. The van der Waals surface area contributed by atoms with E-state index in [4.69, 9.17) is 16.0 Å². The number of aldehydes is 1. The zero-order valence-electron chi connectivity index (χ0n) is 18.1. The fourth-order valence-electron chi connectivity index (χ4n) is 3.55. The molecule has 2 heterocycles. The number of hydrogen-bond acceptors (Lipinski definition) is 7. The van der Waals surface area contributed by atoms with Gasteiger partial charge in [-0.05, 0) is 35.9 Å². The Labute approximate surface area is 202 Å². The van der Waals surface area contributed by atoms with Gasteiger partial charge in [-0.2, -0.15) is 0 Å². The van der Waals surface area contributed by atoms with E-state index < -0.39 is 29.2 Å². The Balaban J connectivity index is 1.70. The summed E-state index contributed by atoms with van der Waals surface area (Å²) in [5.74, 6) is -3.12. The summed E-state index contributed by atoms with van der Waals surface area (Å²) < 4.78 is 23.4. The SMILES string of the molecule is COC(=O)c1cncc(NC(=O)[C@@H](C=O)c2ccc3c(-c4ccc(F)cc4Cl)cc(=O)oc3c2)c1. The molecule has 4 rings (SSSR count). The second kappa shape index (κ2) is 9.86. The molecule has 0 spiro atoms. The van der Waals surface area contributed by atoms with Gasteiger partial charge in [0.15, 0.2) is 0 Å². The number of anilines is 1. The van der Waals surface area contributed by atoms with Crippen LogP contribution in [0.3, 0.4) is 0 Å². The number of benzene rings is 2. The van der Waals surface area contributed by atoms with Crippen LogP contribution >= 0.6 is 11.6 Å². The van der Waals surface area contributed by atoms with Crippen molar-refractivity contribution in [3.63, 3.8) is 0 Å². The van der Waals surface area contributed by atoms with Crippen molar-refractivity contribution in [3.8, 4) is 11.1 Å². The number of aromatic nitrogens is 1. The lowest BCUT2D eigenvalue weighted by Crippen LogP contribution is -2.22. The Hall–Kier alpha value is -4.37. The minimum Gasteiger partial charge on any atom is -0.465 e. The van der Waals surface area contributed by atoms with Crippen molar-refractivity contribution >= 4 is 46.4 Å². The Kier molecular flexibility index (Phi) is 6.70. The third-order valence-corrected chi connectivity index (χ3v) is 5.51. The van der Waals surface area contributed by atoms with Gasteiger partial charge in [0.05, 0.1) is 29.6 Å². The molecule has 2 aromatic heterocycles. The molecule has 35 heavy (non-hydrogen) atoms. The predicted octanol–water partition coefficient (Wildman–Crippen LogP) is 4.36. The third-order valence-electron chi connectivity index (χ3n) is 5.19. The Morgan fingerprint density at radius 3 is 2.63 bits per heavy atom. The van der Waals surface area contributed by atoms with E-state index in [-0.39, 0.29) is 27.4 Å². The molecule has 1 atom stereocenters. The fourth-order valence-corrected chi connectivity index (χ4v) is 3.82. The maximum Gasteiger partial charge on any atom is 0.339 e. The quantitative estimate of drug-likeness (QED) is 0.183. The molecule has 1 N–H and O–H groups in total. The summed E-state index contributed by atoms with van der Waals surface area (Å²) in [6, 6.07) is 10.9. The highest BCUT2D eigenvalue weighted by molar-refractivity contribution is 6.33. The summed E-state index contributed by atoms with van der Waals surface area (Å²) in [6.07, 6.45) is 3.02. The molecule has 0 aliphatic heterocycles. The summed E-state index contributed by atoms with van der Waals surface area (Å²) in [4.78, 5) is 52.4. The van der Waals surface area contributed by atoms with Crippen molar-refractivity contribution in [3.05, 3.63) is 93.3 Å². The normalized spacial score (nSPS) is 11.6. The van der Waals surface area contributed by atoms with Crippen LogP contribution in [0.2, 0.25) is 5.02 Å². The molecule has 1 amide bonds. The molecule has 2 aromatic carbocycles. The lowest BCUT2D eigenvalue weighted by atomic mass is 9.95. The van der Waals surface area contributed by atoms with Crippen LogP contribution in [0.1, 0.15) is 21.8 Å². The molecule has 0 saturated heterocycles. The van der Waals surface area contributed by atoms with Gasteiger partial charge in [-0.15, -0.1) is 0 Å². The first-order valence-electron chi connectivity index (χ1n) is 10.1. The topological polar surface area (TPSA) is 116 Å². The van der Waals surface area contributed by atoms with Crippen LogP contribution in [0.25, 0.3) is 22.1 Å². The van der Waals surface area contributed by atoms with Crippen molar-refractivity contribution in [2.75, 3.05) is 12.4 Å². The largest absolute Gasteiger partial charge is 0.465 e. The zero-order chi connectivity index (χ0) is 25.1. The maximum atomic E-state index is 13.5. The monoisotopic (exact) mass is 494 g/mol. The Bertz CT molecular complexity index is 1530. The lowest BCUT2D eigenvalue weighted by Gasteiger charge is -2.13. The second-order valence-electron chi connectivity index (χ2n) is 7.42. The van der Waals surface area contributed by atoms with Gasteiger partial charge in [0, 0.05) is 28.8 Å². The molecule has 0 saturated carbocycles. The number of rotatable bonds is 6. The first kappa shape index (κ1) is 23.8. The van der Waals surface area contributed by atoms with Gasteiger partial charge >= 0.3 is 11.6 Å². The minimum absolute atomic E-state index is 0.105. The zero-order valence-corrected chi connectivity index (χ0v) is 18.8. The molecule has 176 valence electrons. The van der Waals surface area contributed by atoms with E-state index >= 15 is 0 Å². The summed E-state index contributed by atoms with van der Waals surface area (Å²) in [5, 5.41) is 3.11. The molecular weight excluding hydrogens is 479 g/mol. The van der Waals surface area contributed by atoms with Crippen molar-refractivity contribution < 1.29 is 27.9 Å². The highest BCUT2D eigenvalue weighted by Crippen LogP contribution is 2.34. The molecule has 0 radical (unpaired) electrons. The number of carbonyl (C=O) groups excluding carboxylic acids is 3. The number of nitrogens with zero attached hydrogens (tertiary/aromatic N) is 1. The Morgan fingerprint density at radius 1 is 1.11 bits per heavy atom. The van der Waals surface area contributed by atoms with E-state index in [1.54, 1.807) is 6.07 Å². The first-order valence-corrected chi connectivity index (χ1v) is 10.5. The van der Waals surface area contributed by atoms with E-state index in [9.17, 15) is 23.6 Å². The number of ether oxygens (including phenoxy) is 1. The minimum atomic E-state index is -1.26. The number of esters is 1. The molecule has 0 aliphatic rings. The summed E-state index contributed by atoms with van der Waals surface area (Å²) in [6.45, 7) is 0. The molecule has 0 bridgehead atoms. The standard InChI is InChI=1S/C25H16ClFN2O6/c1-34-25(33)14-6-16(11-28-10-14)29-24(32)20(12-30)13-2-4-18-19(9-23(31)35-22(18)7-13)17-5-3-15(27)8-21(17)26/h2-12,20H,1H3,(H,29,32)/t20-/m0/s1. The highest BCUT2D eigenvalue weighted by Gasteiger charge is 2.22. The van der Waals surface area contributed by atoms with Crippen LogP contribution in [0.5, 0.6) is 0 Å². The van der Waals surface area contributed by atoms with Gasteiger partial charge < -0.3 is 19.3 Å². The number of hydrogen-bond donors (Lipinski definition) is 1. The summed E-state index contributed by atoms with van der Waals surface area (Å²) in [7, 11) is 1.21. The molecule has 0 unspecified atom stereocenters. The van der Waals surface area contributed by atoms with E-state index in [1.165, 1.54) is 55.9 Å². The van der Waals surface area contributed by atoms with Gasteiger partial charge in [-0.3, -0.25) is 9.78 Å². The van der Waals surface area contributed by atoms with E-state index in [2.05, 4.69) is 15.0 Å². The van der Waals surface area contributed by atoms with Gasteiger partial charge in [0.2, 0.25) is 5.91 Å². The molecule has 8 nitrogen and oxygen atoms in total. The van der Waals surface area contributed by atoms with E-state index in [0.29, 0.717) is 22.8 Å². The number of halogens is 2. The maximum absolute atomic E-state index is 13.5. The summed E-state index contributed by atoms with van der Waals surface area (Å²) >= 11 is 6.17. The average molecular weight is 495 g/mol. The van der Waals surface area contributed by atoms with Crippen LogP contribution in [0.15, 0.2) is 70.1 Å². The van der Waals surface area contributed by atoms with Crippen LogP contribution in [-0.2, 0) is 14.3 Å². The smallest absolute Gasteiger partial charge is 0.339 e. The van der Waals surface area contributed by atoms with Gasteiger partial charge in [0.1, 0.15) is 23.6 Å². The number of nitrogens with one attached hydrogen (secondary N) is 1. The summed E-state index contributed by atoms with van der Waals surface area (Å²) in [5.41, 5.74) is 0.805. The van der Waals surface area contributed by atoms with Gasteiger partial charge in [-0.1, -0.05) is 23.7 Å². The van der Waals surface area contributed by atoms with E-state index in [0.717, 1.165) is 6.07 Å². The molecular formula is C25H16ClFN2O6. The fraction of sp³-hybridized carbons (Fsp3) is 0.0800. The van der Waals surface area contributed by atoms with Crippen molar-refractivity contribution in [1.82, 2.24) is 4.98 Å². The lowest BCUT2D eigenvalue weighted by molar-refractivity contribution is -0.122. The van der Waals surface area contributed by atoms with Crippen molar-refractivity contribution in [2.24, 2.45) is 0 Å². The van der Waals surface area contributed by atoms with Crippen molar-refractivity contribution in [2.45, 2.75) is 5.92 Å². The van der Waals surface area contributed by atoms with Gasteiger partial charge in [0.25, 0.3) is 0 Å². The average Bonchev–Trinajstić information content (AvgIpc) is 2.83. The van der Waals surface area contributed by atoms with Crippen LogP contribution in [-0.4, -0.2) is 30.3 Å². The second-order valence-corrected chi connectivity index (χ2v) is 7.82. The third kappa shape index (κ3) is 4.95. The van der Waals surface area contributed by atoms with Crippen molar-refractivity contribution in [1.29, 1.82) is 0 Å². The number of pyridine rings is 1. The molecule has 0 fully saturated rings. The number of amides is 1. The highest BCUT2D eigenvalue weighted by atomic mass is 35.5. The number of carbonyl (C=O) groups is 3. The van der Waals surface area contributed by atoms with Gasteiger partial charge in [-0.25, -0.2) is 14.0 Å². The first-order chi connectivity index (χ1) is 16.8. The van der Waals surface area contributed by atoms with E-state index in [1.807, 2.05) is 0 Å². The number of fused-ring (bicyclic) bond motifs is 1. The molecule has 4 aromatic rings. The molecule has 10 heteroatoms. The predicted molar refractivity (Wildman–Crippen MR) is 126 cm³/mol. The van der Waals surface area contributed by atoms with Crippen LogP contribution < -0.4 is 10.9 Å².